The maximum atomic E-state index is 12.9. The highest BCUT2D eigenvalue weighted by Crippen LogP contribution is 2.17. The molecular formula is C23H17BrN2O4. The Kier molecular flexibility index (Phi) is 5.90. The predicted octanol–water partition coefficient (Wildman–Crippen LogP) is 4.38. The number of halogens is 1. The molecule has 0 aliphatic heterocycles. The first-order valence-electron chi connectivity index (χ1n) is 9.26. The molecule has 0 saturated carbocycles. The van der Waals surface area contributed by atoms with E-state index in [0.717, 1.165) is 4.47 Å². The van der Waals surface area contributed by atoms with Gasteiger partial charge in [-0.15, -0.1) is 0 Å². The van der Waals surface area contributed by atoms with Gasteiger partial charge in [-0.25, -0.2) is 4.79 Å². The smallest absolute Gasteiger partial charge is 0.359 e. The summed E-state index contributed by atoms with van der Waals surface area (Å²) in [5.41, 5.74) is 0.352. The van der Waals surface area contributed by atoms with Gasteiger partial charge in [-0.2, -0.15) is 9.78 Å². The first-order chi connectivity index (χ1) is 14.6. The predicted molar refractivity (Wildman–Crippen MR) is 117 cm³/mol. The number of carbonyl (C=O) groups is 1. The molecule has 0 N–H and O–H groups in total. The van der Waals surface area contributed by atoms with E-state index in [1.165, 1.54) is 4.68 Å². The number of esters is 1. The zero-order chi connectivity index (χ0) is 20.9. The Hall–Kier alpha value is -3.45. The average molecular weight is 465 g/mol. The Morgan fingerprint density at radius 2 is 1.53 bits per heavy atom. The molecule has 30 heavy (non-hydrogen) atoms. The normalized spacial score (nSPS) is 10.7. The number of fused-ring (bicyclic) bond motifs is 1. The molecule has 1 aromatic heterocycles. The van der Waals surface area contributed by atoms with Gasteiger partial charge < -0.3 is 9.47 Å². The highest BCUT2D eigenvalue weighted by molar-refractivity contribution is 9.10. The van der Waals surface area contributed by atoms with Gasteiger partial charge in [0.15, 0.2) is 5.69 Å². The number of aromatic nitrogens is 2. The highest BCUT2D eigenvalue weighted by Gasteiger charge is 2.18. The molecule has 0 saturated heterocycles. The van der Waals surface area contributed by atoms with Crippen molar-refractivity contribution in [2.75, 3.05) is 13.2 Å². The Labute approximate surface area is 180 Å². The Morgan fingerprint density at radius 1 is 0.867 bits per heavy atom. The fourth-order valence-electron chi connectivity index (χ4n) is 2.98. The summed E-state index contributed by atoms with van der Waals surface area (Å²) in [5.74, 6) is 0.0609. The van der Waals surface area contributed by atoms with Gasteiger partial charge in [-0.3, -0.25) is 4.79 Å². The summed E-state index contributed by atoms with van der Waals surface area (Å²) < 4.78 is 13.1. The fraction of sp³-hybridized carbons (Fsp3) is 0.0870. The maximum absolute atomic E-state index is 12.9. The molecule has 0 bridgehead atoms. The van der Waals surface area contributed by atoms with E-state index >= 15 is 0 Å². The van der Waals surface area contributed by atoms with Crippen molar-refractivity contribution in [3.63, 3.8) is 0 Å². The second-order valence-electron chi connectivity index (χ2n) is 6.38. The van der Waals surface area contributed by atoms with Crippen molar-refractivity contribution in [3.05, 3.63) is 99.4 Å². The lowest BCUT2D eigenvalue weighted by Gasteiger charge is -2.11. The van der Waals surface area contributed by atoms with Crippen LogP contribution in [0.25, 0.3) is 16.5 Å². The van der Waals surface area contributed by atoms with Gasteiger partial charge in [0.2, 0.25) is 0 Å². The highest BCUT2D eigenvalue weighted by atomic mass is 79.9. The second-order valence-corrected chi connectivity index (χ2v) is 7.30. The molecule has 0 atom stereocenters. The number of rotatable bonds is 6. The molecule has 0 radical (unpaired) electrons. The van der Waals surface area contributed by atoms with Gasteiger partial charge in [-0.05, 0) is 42.5 Å². The molecule has 1 heterocycles. The third kappa shape index (κ3) is 4.26. The van der Waals surface area contributed by atoms with E-state index in [1.807, 2.05) is 30.3 Å². The molecule has 0 aliphatic rings. The van der Waals surface area contributed by atoms with Crippen molar-refractivity contribution in [3.8, 4) is 11.4 Å². The summed E-state index contributed by atoms with van der Waals surface area (Å²) >= 11 is 3.36. The minimum Gasteiger partial charge on any atom is -0.490 e. The van der Waals surface area contributed by atoms with Crippen molar-refractivity contribution in [2.45, 2.75) is 0 Å². The van der Waals surface area contributed by atoms with E-state index in [2.05, 4.69) is 21.0 Å². The Morgan fingerprint density at radius 3 is 2.27 bits per heavy atom. The summed E-state index contributed by atoms with van der Waals surface area (Å²) in [4.78, 5) is 25.6. The summed E-state index contributed by atoms with van der Waals surface area (Å²) in [6, 6.07) is 23.2. The Bertz CT molecular complexity index is 1240. The van der Waals surface area contributed by atoms with Crippen LogP contribution in [0.4, 0.5) is 0 Å². The van der Waals surface area contributed by atoms with Crippen LogP contribution in [0.5, 0.6) is 5.75 Å². The summed E-state index contributed by atoms with van der Waals surface area (Å²) in [7, 11) is 0. The minimum absolute atomic E-state index is 0.0510. The van der Waals surface area contributed by atoms with Crippen molar-refractivity contribution >= 4 is 32.7 Å². The van der Waals surface area contributed by atoms with E-state index in [-0.39, 0.29) is 24.5 Å². The lowest BCUT2D eigenvalue weighted by Crippen LogP contribution is -2.25. The van der Waals surface area contributed by atoms with Gasteiger partial charge in [0.05, 0.1) is 11.1 Å². The lowest BCUT2D eigenvalue weighted by atomic mass is 10.1. The van der Waals surface area contributed by atoms with Crippen LogP contribution in [-0.2, 0) is 4.74 Å². The third-order valence-corrected chi connectivity index (χ3v) is 4.93. The van der Waals surface area contributed by atoms with E-state index in [1.54, 1.807) is 48.5 Å². The number of hydrogen-bond acceptors (Lipinski definition) is 5. The second kappa shape index (κ2) is 8.92. The first-order valence-corrected chi connectivity index (χ1v) is 10.1. The molecule has 3 aromatic carbocycles. The third-order valence-electron chi connectivity index (χ3n) is 4.40. The van der Waals surface area contributed by atoms with Gasteiger partial charge in [0.1, 0.15) is 19.0 Å². The maximum Gasteiger partial charge on any atom is 0.359 e. The van der Waals surface area contributed by atoms with Crippen LogP contribution >= 0.6 is 15.9 Å². The zero-order valence-electron chi connectivity index (χ0n) is 15.8. The molecule has 4 rings (SSSR count). The van der Waals surface area contributed by atoms with Crippen LogP contribution in [-0.4, -0.2) is 29.0 Å². The molecule has 150 valence electrons. The summed E-state index contributed by atoms with van der Waals surface area (Å²) in [5, 5.41) is 5.15. The average Bonchev–Trinajstić information content (AvgIpc) is 2.79. The number of carbonyl (C=O) groups excluding carboxylic acids is 1. The fourth-order valence-corrected chi connectivity index (χ4v) is 3.24. The van der Waals surface area contributed by atoms with Gasteiger partial charge in [-0.1, -0.05) is 52.3 Å². The largest absolute Gasteiger partial charge is 0.490 e. The molecule has 6 nitrogen and oxygen atoms in total. The van der Waals surface area contributed by atoms with Crippen LogP contribution in [0.15, 0.2) is 88.1 Å². The van der Waals surface area contributed by atoms with Gasteiger partial charge in [0.25, 0.3) is 5.56 Å². The minimum atomic E-state index is -0.615. The number of benzene rings is 3. The molecular weight excluding hydrogens is 448 g/mol. The van der Waals surface area contributed by atoms with Gasteiger partial charge >= 0.3 is 5.97 Å². The van der Waals surface area contributed by atoms with Gasteiger partial charge in [0, 0.05) is 9.86 Å². The molecule has 0 spiro atoms. The summed E-state index contributed by atoms with van der Waals surface area (Å²) in [6.45, 7) is 0.249. The van der Waals surface area contributed by atoms with E-state index < -0.39 is 5.97 Å². The molecule has 7 heteroatoms. The van der Waals surface area contributed by atoms with E-state index in [0.29, 0.717) is 22.2 Å². The monoisotopic (exact) mass is 464 g/mol. The Balaban J connectivity index is 1.56. The van der Waals surface area contributed by atoms with E-state index in [9.17, 15) is 9.59 Å². The standard InChI is InChI=1S/C23H17BrN2O4/c24-16-10-12-18(13-11-16)29-14-15-30-23(28)21-19-8-4-5-9-20(19)22(27)26(25-21)17-6-2-1-3-7-17/h1-13H,14-15H2. The van der Waals surface area contributed by atoms with Crippen molar-refractivity contribution in [1.82, 2.24) is 9.78 Å². The number of nitrogens with zero attached hydrogens (tertiary/aromatic N) is 2. The number of hydrogen-bond donors (Lipinski definition) is 0. The molecule has 4 aromatic rings. The molecule has 0 unspecified atom stereocenters. The number of ether oxygens (including phenoxy) is 2. The van der Waals surface area contributed by atoms with Crippen LogP contribution in [0.2, 0.25) is 0 Å². The molecule has 0 amide bonds. The topological polar surface area (TPSA) is 70.4 Å². The quantitative estimate of drug-likeness (QED) is 0.312. The van der Waals surface area contributed by atoms with Crippen molar-refractivity contribution < 1.29 is 14.3 Å². The van der Waals surface area contributed by atoms with Crippen LogP contribution in [0.1, 0.15) is 10.5 Å². The van der Waals surface area contributed by atoms with Crippen LogP contribution in [0, 0.1) is 0 Å². The van der Waals surface area contributed by atoms with Crippen molar-refractivity contribution in [2.24, 2.45) is 0 Å². The zero-order valence-corrected chi connectivity index (χ0v) is 17.4. The lowest BCUT2D eigenvalue weighted by molar-refractivity contribution is 0.0444. The molecule has 0 aliphatic carbocycles. The molecule has 0 fully saturated rings. The van der Waals surface area contributed by atoms with E-state index in [4.69, 9.17) is 9.47 Å². The summed E-state index contributed by atoms with van der Waals surface area (Å²) in [6.07, 6.45) is 0. The van der Waals surface area contributed by atoms with Crippen LogP contribution in [0.3, 0.4) is 0 Å². The first kappa shape index (κ1) is 19.8. The SMILES string of the molecule is O=C(OCCOc1ccc(Br)cc1)c1nn(-c2ccccc2)c(=O)c2ccccc12. The number of para-hydroxylation sites is 1. The van der Waals surface area contributed by atoms with Crippen molar-refractivity contribution in [1.29, 1.82) is 0 Å². The van der Waals surface area contributed by atoms with Crippen LogP contribution < -0.4 is 10.3 Å².